The molecule has 0 N–H and O–H groups in total. The molecule has 2 aromatic carbocycles. The second-order valence-corrected chi connectivity index (χ2v) is 6.49. The molecule has 0 bridgehead atoms. The number of hydrogen-bond donors (Lipinski definition) is 0. The van der Waals surface area contributed by atoms with Crippen LogP contribution in [0.25, 0.3) is 10.2 Å². The van der Waals surface area contributed by atoms with E-state index in [-0.39, 0.29) is 23.0 Å². The summed E-state index contributed by atoms with van der Waals surface area (Å²) in [6, 6.07) is 12.7. The van der Waals surface area contributed by atoms with E-state index in [1.165, 1.54) is 23.2 Å². The maximum Gasteiger partial charge on any atom is 0.298 e. The van der Waals surface area contributed by atoms with Crippen LogP contribution in [0.15, 0.2) is 59.3 Å². The highest BCUT2D eigenvalue weighted by molar-refractivity contribution is 7.22. The van der Waals surface area contributed by atoms with Crippen molar-refractivity contribution < 1.29 is 18.1 Å². The number of hydrogen-bond acceptors (Lipinski definition) is 5. The first-order chi connectivity index (χ1) is 12.6. The molecular formula is C18H11F2N3O2S. The van der Waals surface area contributed by atoms with Crippen LogP contribution >= 0.6 is 11.3 Å². The highest BCUT2D eigenvalue weighted by Crippen LogP contribution is 2.32. The molecule has 0 aliphatic carbocycles. The van der Waals surface area contributed by atoms with Crippen molar-refractivity contribution in [1.82, 2.24) is 10.1 Å². The Morgan fingerprint density at radius 3 is 2.69 bits per heavy atom. The van der Waals surface area contributed by atoms with Crippen molar-refractivity contribution in [1.29, 1.82) is 0 Å². The summed E-state index contributed by atoms with van der Waals surface area (Å²) in [6.45, 7) is 0.199. The first-order valence-corrected chi connectivity index (χ1v) is 8.45. The predicted octanol–water partition coefficient (Wildman–Crippen LogP) is 4.41. The minimum Gasteiger partial charge on any atom is -0.351 e. The molecular weight excluding hydrogens is 360 g/mol. The van der Waals surface area contributed by atoms with Crippen molar-refractivity contribution >= 4 is 32.6 Å². The van der Waals surface area contributed by atoms with E-state index in [0.29, 0.717) is 4.70 Å². The van der Waals surface area contributed by atoms with Crippen LogP contribution in [0.5, 0.6) is 0 Å². The lowest BCUT2D eigenvalue weighted by molar-refractivity contribution is 0.0949. The molecule has 0 aliphatic rings. The third kappa shape index (κ3) is 3.06. The number of benzene rings is 2. The number of halogens is 2. The lowest BCUT2D eigenvalue weighted by Gasteiger charge is -2.18. The molecule has 130 valence electrons. The number of aromatic nitrogens is 2. The van der Waals surface area contributed by atoms with E-state index in [4.69, 9.17) is 4.52 Å². The lowest BCUT2D eigenvalue weighted by Crippen LogP contribution is -2.30. The summed E-state index contributed by atoms with van der Waals surface area (Å²) in [5.74, 6) is -1.89. The van der Waals surface area contributed by atoms with Crippen LogP contribution in [-0.2, 0) is 6.54 Å². The maximum atomic E-state index is 14.0. The Balaban J connectivity index is 1.79. The summed E-state index contributed by atoms with van der Waals surface area (Å²) in [5, 5.41) is 3.79. The van der Waals surface area contributed by atoms with Crippen molar-refractivity contribution in [2.45, 2.75) is 6.54 Å². The highest BCUT2D eigenvalue weighted by Gasteiger charge is 2.25. The number of fused-ring (bicyclic) bond motifs is 1. The quantitative estimate of drug-likeness (QED) is 0.533. The van der Waals surface area contributed by atoms with Crippen LogP contribution in [0.2, 0.25) is 0 Å². The molecule has 0 saturated heterocycles. The Kier molecular flexibility index (Phi) is 4.18. The van der Waals surface area contributed by atoms with Gasteiger partial charge in [-0.15, -0.1) is 0 Å². The number of thiazole rings is 1. The fraction of sp³-hybridized carbons (Fsp3) is 0.0556. The van der Waals surface area contributed by atoms with Gasteiger partial charge in [-0.05, 0) is 11.6 Å². The van der Waals surface area contributed by atoms with E-state index in [2.05, 4.69) is 10.1 Å². The Morgan fingerprint density at radius 1 is 1.15 bits per heavy atom. The summed E-state index contributed by atoms with van der Waals surface area (Å²) < 4.78 is 32.7. The number of anilines is 1. The Morgan fingerprint density at radius 2 is 1.96 bits per heavy atom. The van der Waals surface area contributed by atoms with Gasteiger partial charge in [-0.25, -0.2) is 13.8 Å². The second-order valence-electron chi connectivity index (χ2n) is 5.48. The van der Waals surface area contributed by atoms with E-state index < -0.39 is 17.5 Å². The molecule has 8 heteroatoms. The van der Waals surface area contributed by atoms with Crippen LogP contribution in [-0.4, -0.2) is 16.0 Å². The molecule has 1 amide bonds. The summed E-state index contributed by atoms with van der Waals surface area (Å²) in [4.78, 5) is 18.4. The fourth-order valence-electron chi connectivity index (χ4n) is 2.51. The molecule has 0 fully saturated rings. The smallest absolute Gasteiger partial charge is 0.298 e. The van der Waals surface area contributed by atoms with Gasteiger partial charge in [0.1, 0.15) is 11.3 Å². The van der Waals surface area contributed by atoms with Gasteiger partial charge >= 0.3 is 0 Å². The average Bonchev–Trinajstić information content (AvgIpc) is 3.29. The summed E-state index contributed by atoms with van der Waals surface area (Å²) in [7, 11) is 0. The first kappa shape index (κ1) is 16.3. The van der Waals surface area contributed by atoms with Crippen molar-refractivity contribution in [3.8, 4) is 0 Å². The number of amides is 1. The van der Waals surface area contributed by atoms with Gasteiger partial charge in [-0.1, -0.05) is 46.8 Å². The largest absolute Gasteiger partial charge is 0.351 e. The Bertz CT molecular complexity index is 1060. The third-order valence-electron chi connectivity index (χ3n) is 3.71. The zero-order valence-electron chi connectivity index (χ0n) is 13.2. The van der Waals surface area contributed by atoms with Gasteiger partial charge in [0.15, 0.2) is 10.9 Å². The van der Waals surface area contributed by atoms with Gasteiger partial charge in [-0.3, -0.25) is 9.69 Å². The molecule has 2 heterocycles. The molecule has 0 saturated carbocycles. The molecule has 4 rings (SSSR count). The van der Waals surface area contributed by atoms with Crippen molar-refractivity contribution in [3.05, 3.63) is 77.7 Å². The lowest BCUT2D eigenvalue weighted by atomic mass is 10.2. The molecule has 0 unspecified atom stereocenters. The maximum absolute atomic E-state index is 14.0. The Hall–Kier alpha value is -3.13. The van der Waals surface area contributed by atoms with Crippen LogP contribution in [0.1, 0.15) is 16.1 Å². The minimum absolute atomic E-state index is 0.0230. The fourth-order valence-corrected chi connectivity index (χ4v) is 3.51. The van der Waals surface area contributed by atoms with Crippen molar-refractivity contribution in [3.63, 3.8) is 0 Å². The zero-order valence-corrected chi connectivity index (χ0v) is 14.0. The standard InChI is InChI=1S/C18H11F2N3O2S/c19-12-8-13(20)16-15(9-12)26-18(22-16)23(10-11-4-2-1-3-5-11)17(24)14-6-7-21-25-14/h1-9H,10H2. The normalized spacial score (nSPS) is 11.0. The average molecular weight is 371 g/mol. The van der Waals surface area contributed by atoms with Crippen molar-refractivity contribution in [2.75, 3.05) is 4.90 Å². The monoisotopic (exact) mass is 371 g/mol. The topological polar surface area (TPSA) is 59.2 Å². The molecule has 2 aromatic heterocycles. The van der Waals surface area contributed by atoms with Gasteiger partial charge in [0, 0.05) is 12.1 Å². The molecule has 5 nitrogen and oxygen atoms in total. The van der Waals surface area contributed by atoms with E-state index in [0.717, 1.165) is 23.0 Å². The van der Waals surface area contributed by atoms with Gasteiger partial charge in [0.05, 0.1) is 17.4 Å². The molecule has 0 aliphatic heterocycles. The van der Waals surface area contributed by atoms with Crippen molar-refractivity contribution in [2.24, 2.45) is 0 Å². The van der Waals surface area contributed by atoms with E-state index in [1.807, 2.05) is 30.3 Å². The first-order valence-electron chi connectivity index (χ1n) is 7.64. The van der Waals surface area contributed by atoms with Gasteiger partial charge in [0.25, 0.3) is 5.91 Å². The number of nitrogens with zero attached hydrogens (tertiary/aromatic N) is 3. The summed E-state index contributed by atoms with van der Waals surface area (Å²) >= 11 is 1.03. The molecule has 0 spiro atoms. The van der Waals surface area contributed by atoms with Gasteiger partial charge in [-0.2, -0.15) is 0 Å². The van der Waals surface area contributed by atoms with Gasteiger partial charge < -0.3 is 4.52 Å². The van der Waals surface area contributed by atoms with Crippen LogP contribution < -0.4 is 4.90 Å². The molecule has 0 radical (unpaired) electrons. The number of rotatable bonds is 4. The number of carbonyl (C=O) groups is 1. The highest BCUT2D eigenvalue weighted by atomic mass is 32.1. The zero-order chi connectivity index (χ0) is 18.1. The van der Waals surface area contributed by atoms with E-state index in [1.54, 1.807) is 0 Å². The van der Waals surface area contributed by atoms with Crippen LogP contribution in [0.3, 0.4) is 0 Å². The van der Waals surface area contributed by atoms with E-state index in [9.17, 15) is 13.6 Å². The predicted molar refractivity (Wildman–Crippen MR) is 93.0 cm³/mol. The van der Waals surface area contributed by atoms with E-state index >= 15 is 0 Å². The summed E-state index contributed by atoms with van der Waals surface area (Å²) in [6.07, 6.45) is 1.36. The minimum atomic E-state index is -0.769. The molecule has 4 aromatic rings. The van der Waals surface area contributed by atoms with Crippen LogP contribution in [0.4, 0.5) is 13.9 Å². The second kappa shape index (κ2) is 6.64. The third-order valence-corrected chi connectivity index (χ3v) is 4.74. The Labute approximate surface area is 150 Å². The van der Waals surface area contributed by atoms with Crippen LogP contribution in [0, 0.1) is 11.6 Å². The molecule has 26 heavy (non-hydrogen) atoms. The van der Waals surface area contributed by atoms with Gasteiger partial charge in [0.2, 0.25) is 5.76 Å². The molecule has 0 atom stereocenters. The SMILES string of the molecule is O=C(c1ccno1)N(Cc1ccccc1)c1nc2c(F)cc(F)cc2s1. The summed E-state index contributed by atoms with van der Waals surface area (Å²) in [5.41, 5.74) is 0.876. The number of carbonyl (C=O) groups excluding carboxylic acids is 1.